The first-order valence-electron chi connectivity index (χ1n) is 18.6. The Labute approximate surface area is 320 Å². The van der Waals surface area contributed by atoms with Crippen LogP contribution < -0.4 is 35.2 Å². The maximum atomic E-state index is 12.3. The van der Waals surface area contributed by atoms with E-state index in [2.05, 4.69) is 4.98 Å². The van der Waals surface area contributed by atoms with Crippen LogP contribution in [-0.2, 0) is 25.6 Å². The Hall–Kier alpha value is -5.04. The smallest absolute Gasteiger partial charge is 0.317 e. The quantitative estimate of drug-likeness (QED) is 0.0655. The van der Waals surface area contributed by atoms with Gasteiger partial charge in [-0.3, -0.25) is 9.59 Å². The van der Waals surface area contributed by atoms with Crippen molar-refractivity contribution in [2.45, 2.75) is 106 Å². The molecule has 1 saturated heterocycles. The molecule has 1 aliphatic carbocycles. The van der Waals surface area contributed by atoms with Gasteiger partial charge in [0.2, 0.25) is 12.0 Å². The highest BCUT2D eigenvalue weighted by atomic mass is 16.7. The van der Waals surface area contributed by atoms with Crippen LogP contribution in [0, 0.1) is 0 Å². The number of nitrogens with two attached hydrogens (primary N) is 2. The van der Waals surface area contributed by atoms with Gasteiger partial charge in [0.25, 0.3) is 0 Å². The minimum absolute atomic E-state index is 0.183. The largest absolute Gasteiger partial charge is 0.493 e. The van der Waals surface area contributed by atoms with Crippen LogP contribution in [0.3, 0.4) is 0 Å². The summed E-state index contributed by atoms with van der Waals surface area (Å²) in [4.78, 5) is 26.7. The number of carbonyl (C=O) groups is 2. The van der Waals surface area contributed by atoms with Crippen molar-refractivity contribution in [2.75, 3.05) is 14.2 Å². The van der Waals surface area contributed by atoms with E-state index in [-0.39, 0.29) is 11.7 Å². The number of hydrogen-bond donors (Lipinski definition) is 7. The second-order valence-electron chi connectivity index (χ2n) is 14.9. The van der Waals surface area contributed by atoms with Crippen molar-refractivity contribution in [2.24, 2.45) is 11.5 Å². The Kier molecular flexibility index (Phi) is 10.0. The van der Waals surface area contributed by atoms with Gasteiger partial charge < -0.3 is 74.6 Å². The highest BCUT2D eigenvalue weighted by Gasteiger charge is 2.57. The summed E-state index contributed by atoms with van der Waals surface area (Å²) in [5.74, 6) is -0.511. The molecule has 0 radical (unpaired) electrons. The molecule has 8 rings (SSSR count). The molecule has 17 nitrogen and oxygen atoms in total. The predicted molar refractivity (Wildman–Crippen MR) is 196 cm³/mol. The number of ether oxygens (including phenoxy) is 7. The predicted octanol–water partition coefficient (Wildman–Crippen LogP) is 2.16. The van der Waals surface area contributed by atoms with E-state index in [1.54, 1.807) is 26.4 Å². The molecule has 5 heterocycles. The summed E-state index contributed by atoms with van der Waals surface area (Å²) < 4.78 is 45.0. The Balaban J connectivity index is 1.20. The van der Waals surface area contributed by atoms with Gasteiger partial charge in [0, 0.05) is 47.7 Å². The van der Waals surface area contributed by atoms with Crippen LogP contribution in [0.5, 0.6) is 28.7 Å². The van der Waals surface area contributed by atoms with Gasteiger partial charge in [-0.05, 0) is 49.4 Å². The Morgan fingerprint density at radius 2 is 1.80 bits per heavy atom. The second kappa shape index (κ2) is 14.8. The number of carbonyl (C=O) groups excluding carboxylic acids is 1. The Morgan fingerprint density at radius 3 is 2.50 bits per heavy atom. The zero-order valence-electron chi connectivity index (χ0n) is 30.8. The maximum absolute atomic E-state index is 12.3. The molecule has 2 aromatic carbocycles. The summed E-state index contributed by atoms with van der Waals surface area (Å²) in [5, 5.41) is 43.1. The average molecular weight is 779 g/mol. The molecule has 0 amide bonds. The molecule has 300 valence electrons. The van der Waals surface area contributed by atoms with Gasteiger partial charge in [-0.15, -0.1) is 0 Å². The highest BCUT2D eigenvalue weighted by molar-refractivity contribution is 5.90. The summed E-state index contributed by atoms with van der Waals surface area (Å²) in [5.41, 5.74) is 14.6. The molecule has 4 aromatic rings. The summed E-state index contributed by atoms with van der Waals surface area (Å²) in [6.07, 6.45) is -2.99. The fraction of sp³-hybridized carbons (Fsp3) is 0.487. The molecule has 8 unspecified atom stereocenters. The van der Waals surface area contributed by atoms with Crippen LogP contribution in [0.1, 0.15) is 67.2 Å². The average Bonchev–Trinajstić information content (AvgIpc) is 3.88. The normalized spacial score (nSPS) is 26.8. The third-order valence-electron chi connectivity index (χ3n) is 11.4. The molecule has 0 bridgehead atoms. The molecule has 4 aliphatic rings. The first-order valence-corrected chi connectivity index (χ1v) is 18.6. The van der Waals surface area contributed by atoms with Gasteiger partial charge in [0.15, 0.2) is 17.6 Å². The Morgan fingerprint density at radius 1 is 1.02 bits per heavy atom. The molecule has 8 atom stereocenters. The third-order valence-corrected chi connectivity index (χ3v) is 11.4. The zero-order valence-corrected chi connectivity index (χ0v) is 30.8. The fourth-order valence-electron chi connectivity index (χ4n) is 8.88. The number of rotatable bonds is 11. The van der Waals surface area contributed by atoms with E-state index >= 15 is 0 Å². The summed E-state index contributed by atoms with van der Waals surface area (Å²) in [7, 11) is 3.16. The number of fused-ring (bicyclic) bond motifs is 7. The minimum Gasteiger partial charge on any atom is -0.493 e. The SMILES string of the molecule is COc1ccc2c(c1OC)OC1c3c(Cn4cc5cc[nH]c5c4)cc(OC4OC(C(OC(=O)CC(=O)O)C(N)N)C(O)C(O)C4O)cc3OC3(CCCCC3)C21. The first kappa shape index (κ1) is 37.9. The van der Waals surface area contributed by atoms with E-state index in [4.69, 9.17) is 49.7 Å². The molecule has 17 heteroatoms. The van der Waals surface area contributed by atoms with Crippen molar-refractivity contribution in [3.8, 4) is 28.7 Å². The van der Waals surface area contributed by atoms with E-state index in [9.17, 15) is 24.9 Å². The van der Waals surface area contributed by atoms with Crippen molar-refractivity contribution in [1.29, 1.82) is 0 Å². The lowest BCUT2D eigenvalue weighted by molar-refractivity contribution is -0.291. The third kappa shape index (κ3) is 6.57. The van der Waals surface area contributed by atoms with E-state index in [1.165, 1.54) is 0 Å². The molecule has 9 N–H and O–H groups in total. The number of hydrogen-bond acceptors (Lipinski definition) is 14. The monoisotopic (exact) mass is 778 g/mol. The number of aliphatic hydroxyl groups excluding tert-OH is 3. The molecule has 1 spiro atoms. The van der Waals surface area contributed by atoms with Crippen molar-refractivity contribution in [1.82, 2.24) is 9.55 Å². The number of aromatic amines is 1. The summed E-state index contributed by atoms with van der Waals surface area (Å²) in [6, 6.07) is 9.35. The standard InChI is InChI=1S/C39H46N4O13/c1-50-23-7-6-21-28-34(54-32(21)33(23)51-2)27-19(16-43-15-18-8-11-42-22(18)17-43)12-20(13-24(27)56-39(28)9-4-3-5-10-39)52-38-31(49)29(47)30(48)35(55-38)36(37(40)41)53-26(46)14-25(44)45/h6-8,11-13,15,17,28-31,34-38,42,47-49H,3-5,9-10,14,16,40-41H2,1-2H3,(H,44,45). The number of benzene rings is 2. The molecule has 3 aliphatic heterocycles. The number of nitrogens with zero attached hydrogens (tertiary/aromatic N) is 1. The molecular formula is C39H46N4O13. The lowest BCUT2D eigenvalue weighted by atomic mass is 9.68. The highest BCUT2D eigenvalue weighted by Crippen LogP contribution is 2.64. The topological polar surface area (TPSA) is 252 Å². The zero-order chi connectivity index (χ0) is 39.5. The van der Waals surface area contributed by atoms with Crippen LogP contribution in [0.15, 0.2) is 48.9 Å². The number of aliphatic hydroxyl groups is 3. The van der Waals surface area contributed by atoms with Gasteiger partial charge in [0.1, 0.15) is 54.0 Å². The number of aliphatic carboxylic acids is 1. The van der Waals surface area contributed by atoms with Crippen LogP contribution in [-0.4, -0.2) is 105 Å². The van der Waals surface area contributed by atoms with Crippen LogP contribution >= 0.6 is 0 Å². The van der Waals surface area contributed by atoms with E-state index in [0.29, 0.717) is 29.5 Å². The number of aromatic nitrogens is 2. The number of methoxy groups -OCH3 is 2. The fourth-order valence-corrected chi connectivity index (χ4v) is 8.88. The molecule has 56 heavy (non-hydrogen) atoms. The second-order valence-corrected chi connectivity index (χ2v) is 14.9. The van der Waals surface area contributed by atoms with Crippen LogP contribution in [0.2, 0.25) is 0 Å². The Bertz CT molecular complexity index is 2080. The lowest BCUT2D eigenvalue weighted by Crippen LogP contribution is -2.66. The molecule has 2 fully saturated rings. The number of carboxylic acids is 1. The lowest BCUT2D eigenvalue weighted by Gasteiger charge is -2.48. The minimum atomic E-state index is -1.86. The van der Waals surface area contributed by atoms with E-state index < -0.39 is 73.0 Å². The molecule has 1 saturated carbocycles. The van der Waals surface area contributed by atoms with Crippen molar-refractivity contribution in [3.05, 3.63) is 65.6 Å². The number of carboxylic acid groups (broad SMARTS) is 1. The van der Waals surface area contributed by atoms with Gasteiger partial charge in [-0.1, -0.05) is 12.5 Å². The maximum Gasteiger partial charge on any atom is 0.317 e. The van der Waals surface area contributed by atoms with Gasteiger partial charge in [0.05, 0.1) is 31.8 Å². The van der Waals surface area contributed by atoms with Crippen molar-refractivity contribution in [3.63, 3.8) is 0 Å². The van der Waals surface area contributed by atoms with Gasteiger partial charge in [-0.2, -0.15) is 0 Å². The van der Waals surface area contributed by atoms with Crippen LogP contribution in [0.4, 0.5) is 0 Å². The molecule has 2 aromatic heterocycles. The van der Waals surface area contributed by atoms with Crippen LogP contribution in [0.25, 0.3) is 10.9 Å². The summed E-state index contributed by atoms with van der Waals surface area (Å²) in [6.45, 7) is 0.351. The van der Waals surface area contributed by atoms with Crippen molar-refractivity contribution < 1.29 is 63.2 Å². The number of nitrogens with one attached hydrogen (secondary N) is 1. The van der Waals surface area contributed by atoms with E-state index in [1.807, 2.05) is 41.4 Å². The van der Waals surface area contributed by atoms with E-state index in [0.717, 1.165) is 59.7 Å². The number of H-pyrrole nitrogens is 1. The van der Waals surface area contributed by atoms with Crippen molar-refractivity contribution >= 4 is 22.8 Å². The number of esters is 1. The first-order chi connectivity index (χ1) is 26.9. The molecular weight excluding hydrogens is 732 g/mol. The summed E-state index contributed by atoms with van der Waals surface area (Å²) >= 11 is 0. The van der Waals surface area contributed by atoms with Gasteiger partial charge >= 0.3 is 11.9 Å². The van der Waals surface area contributed by atoms with Gasteiger partial charge in [-0.25, -0.2) is 0 Å².